The maximum Gasteiger partial charge on any atom is 0.322 e. The number of benzene rings is 1. The summed E-state index contributed by atoms with van der Waals surface area (Å²) in [7, 11) is 0. The van der Waals surface area contributed by atoms with Crippen molar-refractivity contribution in [1.82, 2.24) is 4.90 Å². The van der Waals surface area contributed by atoms with E-state index in [1.165, 1.54) is 19.3 Å². The molecule has 0 atom stereocenters. The summed E-state index contributed by atoms with van der Waals surface area (Å²) in [5.41, 5.74) is 0.869. The van der Waals surface area contributed by atoms with Crippen molar-refractivity contribution in [3.05, 3.63) is 30.3 Å². The molecule has 0 spiro atoms. The molecule has 1 aliphatic rings. The number of para-hydroxylation sites is 1. The van der Waals surface area contributed by atoms with Crippen LogP contribution in [0.4, 0.5) is 10.5 Å². The number of hydrogen-bond donors (Lipinski definition) is 1. The lowest BCUT2D eigenvalue weighted by molar-refractivity contribution is 0.145. The third kappa shape index (κ3) is 3.72. The first-order valence-electron chi connectivity index (χ1n) is 7.33. The highest BCUT2D eigenvalue weighted by Crippen LogP contribution is 2.25. The van der Waals surface area contributed by atoms with Crippen LogP contribution >= 0.6 is 0 Å². The third-order valence-corrected chi connectivity index (χ3v) is 3.78. The van der Waals surface area contributed by atoms with E-state index in [0.717, 1.165) is 18.5 Å². The first kappa shape index (κ1) is 13.9. The molecule has 0 heterocycles. The molecule has 1 saturated carbocycles. The van der Waals surface area contributed by atoms with Gasteiger partial charge in [0.15, 0.2) is 0 Å². The molecule has 0 bridgehead atoms. The van der Waals surface area contributed by atoms with Crippen LogP contribution in [0.15, 0.2) is 30.3 Å². The van der Waals surface area contributed by atoms with Crippen LogP contribution in [0, 0.1) is 0 Å². The molecule has 19 heavy (non-hydrogen) atoms. The van der Waals surface area contributed by atoms with Gasteiger partial charge in [0.2, 0.25) is 0 Å². The Kier molecular flexibility index (Phi) is 4.83. The fourth-order valence-electron chi connectivity index (χ4n) is 2.89. The topological polar surface area (TPSA) is 32.3 Å². The summed E-state index contributed by atoms with van der Waals surface area (Å²) in [6.45, 7) is 4.19. The van der Waals surface area contributed by atoms with Crippen LogP contribution in [0.25, 0.3) is 0 Å². The molecule has 1 aromatic carbocycles. The molecule has 2 rings (SSSR count). The predicted octanol–water partition coefficient (Wildman–Crippen LogP) is 4.26. The van der Waals surface area contributed by atoms with Gasteiger partial charge in [0.1, 0.15) is 0 Å². The molecule has 1 aliphatic carbocycles. The lowest BCUT2D eigenvalue weighted by Crippen LogP contribution is -2.47. The Bertz CT molecular complexity index is 396. The van der Waals surface area contributed by atoms with Crippen molar-refractivity contribution in [2.45, 2.75) is 58.0 Å². The molecule has 0 aromatic heterocycles. The number of urea groups is 1. The number of rotatable bonds is 3. The van der Waals surface area contributed by atoms with E-state index in [4.69, 9.17) is 0 Å². The summed E-state index contributed by atoms with van der Waals surface area (Å²) >= 11 is 0. The number of anilines is 1. The third-order valence-electron chi connectivity index (χ3n) is 3.78. The molecule has 0 aliphatic heterocycles. The SMILES string of the molecule is CC(C)N(C(=O)Nc1ccccc1)C1CCCCC1. The van der Waals surface area contributed by atoms with E-state index in [1.54, 1.807) is 0 Å². The number of carbonyl (C=O) groups is 1. The summed E-state index contributed by atoms with van der Waals surface area (Å²) in [5, 5.41) is 3.01. The van der Waals surface area contributed by atoms with Gasteiger partial charge in [0.05, 0.1) is 0 Å². The lowest BCUT2D eigenvalue weighted by Gasteiger charge is -2.37. The predicted molar refractivity (Wildman–Crippen MR) is 79.3 cm³/mol. The van der Waals surface area contributed by atoms with Crippen LogP contribution in [-0.4, -0.2) is 23.0 Å². The first-order valence-corrected chi connectivity index (χ1v) is 7.33. The molecular formula is C16H24N2O. The highest BCUT2D eigenvalue weighted by atomic mass is 16.2. The minimum Gasteiger partial charge on any atom is -0.319 e. The minimum absolute atomic E-state index is 0.0353. The van der Waals surface area contributed by atoms with Gasteiger partial charge in [-0.3, -0.25) is 0 Å². The zero-order chi connectivity index (χ0) is 13.7. The zero-order valence-corrected chi connectivity index (χ0v) is 11.9. The Balaban J connectivity index is 2.04. The number of nitrogens with one attached hydrogen (secondary N) is 1. The van der Waals surface area contributed by atoms with Crippen LogP contribution in [0.3, 0.4) is 0 Å². The Morgan fingerprint density at radius 2 is 1.79 bits per heavy atom. The zero-order valence-electron chi connectivity index (χ0n) is 11.9. The second-order valence-electron chi connectivity index (χ2n) is 5.59. The summed E-state index contributed by atoms with van der Waals surface area (Å²) in [4.78, 5) is 14.5. The van der Waals surface area contributed by atoms with E-state index < -0.39 is 0 Å². The number of carbonyl (C=O) groups excluding carboxylic acids is 1. The number of amides is 2. The van der Waals surface area contributed by atoms with Gasteiger partial charge in [-0.15, -0.1) is 0 Å². The normalized spacial score (nSPS) is 16.4. The van der Waals surface area contributed by atoms with Crippen LogP contribution in [0.2, 0.25) is 0 Å². The molecule has 1 aromatic rings. The van der Waals surface area contributed by atoms with Gasteiger partial charge in [0.25, 0.3) is 0 Å². The van der Waals surface area contributed by atoms with Gasteiger partial charge in [-0.05, 0) is 38.8 Å². The molecule has 1 fully saturated rings. The van der Waals surface area contributed by atoms with Crippen molar-refractivity contribution < 1.29 is 4.79 Å². The van der Waals surface area contributed by atoms with Crippen molar-refractivity contribution in [3.8, 4) is 0 Å². The maximum absolute atomic E-state index is 12.5. The van der Waals surface area contributed by atoms with Gasteiger partial charge < -0.3 is 10.2 Å². The molecule has 0 radical (unpaired) electrons. The molecule has 0 saturated heterocycles. The van der Waals surface area contributed by atoms with Crippen LogP contribution in [-0.2, 0) is 0 Å². The molecule has 2 amide bonds. The summed E-state index contributed by atoms with van der Waals surface area (Å²) in [5.74, 6) is 0. The second kappa shape index (κ2) is 6.60. The molecule has 1 N–H and O–H groups in total. The molecular weight excluding hydrogens is 236 g/mol. The van der Waals surface area contributed by atoms with Gasteiger partial charge >= 0.3 is 6.03 Å². The highest BCUT2D eigenvalue weighted by molar-refractivity contribution is 5.89. The Labute approximate surface area is 116 Å². The average Bonchev–Trinajstić information content (AvgIpc) is 2.40. The van der Waals surface area contributed by atoms with E-state index in [9.17, 15) is 4.79 Å². The lowest BCUT2D eigenvalue weighted by atomic mass is 9.93. The van der Waals surface area contributed by atoms with Crippen molar-refractivity contribution in [2.75, 3.05) is 5.32 Å². The van der Waals surface area contributed by atoms with E-state index in [-0.39, 0.29) is 12.1 Å². The Hall–Kier alpha value is -1.51. The van der Waals surface area contributed by atoms with E-state index in [2.05, 4.69) is 19.2 Å². The van der Waals surface area contributed by atoms with Crippen LogP contribution in [0.1, 0.15) is 46.0 Å². The van der Waals surface area contributed by atoms with Crippen molar-refractivity contribution in [1.29, 1.82) is 0 Å². The Morgan fingerprint density at radius 3 is 2.37 bits per heavy atom. The van der Waals surface area contributed by atoms with Gasteiger partial charge in [0, 0.05) is 17.8 Å². The largest absolute Gasteiger partial charge is 0.322 e. The second-order valence-corrected chi connectivity index (χ2v) is 5.59. The Morgan fingerprint density at radius 1 is 1.16 bits per heavy atom. The molecule has 104 valence electrons. The van der Waals surface area contributed by atoms with Crippen molar-refractivity contribution >= 4 is 11.7 Å². The smallest absolute Gasteiger partial charge is 0.319 e. The summed E-state index contributed by atoms with van der Waals surface area (Å²) < 4.78 is 0. The van der Waals surface area contributed by atoms with Crippen molar-refractivity contribution in [3.63, 3.8) is 0 Å². The summed E-state index contributed by atoms with van der Waals surface area (Å²) in [6.07, 6.45) is 6.07. The molecule has 3 heteroatoms. The average molecular weight is 260 g/mol. The van der Waals surface area contributed by atoms with E-state index >= 15 is 0 Å². The quantitative estimate of drug-likeness (QED) is 0.865. The molecule has 3 nitrogen and oxygen atoms in total. The summed E-state index contributed by atoms with van der Waals surface area (Å²) in [6, 6.07) is 10.4. The first-order chi connectivity index (χ1) is 9.18. The fraction of sp³-hybridized carbons (Fsp3) is 0.562. The number of hydrogen-bond acceptors (Lipinski definition) is 1. The minimum atomic E-state index is 0.0353. The van der Waals surface area contributed by atoms with Crippen molar-refractivity contribution in [2.24, 2.45) is 0 Å². The van der Waals surface area contributed by atoms with Crippen LogP contribution < -0.4 is 5.32 Å². The fourth-order valence-corrected chi connectivity index (χ4v) is 2.89. The number of nitrogens with zero attached hydrogens (tertiary/aromatic N) is 1. The van der Waals surface area contributed by atoms with Crippen LogP contribution in [0.5, 0.6) is 0 Å². The van der Waals surface area contributed by atoms with E-state index in [0.29, 0.717) is 6.04 Å². The maximum atomic E-state index is 12.5. The highest BCUT2D eigenvalue weighted by Gasteiger charge is 2.27. The standard InChI is InChI=1S/C16H24N2O/c1-13(2)18(15-11-7-4-8-12-15)16(19)17-14-9-5-3-6-10-14/h3,5-6,9-10,13,15H,4,7-8,11-12H2,1-2H3,(H,17,19). The van der Waals surface area contributed by atoms with Gasteiger partial charge in [-0.25, -0.2) is 4.79 Å². The molecule has 0 unspecified atom stereocenters. The van der Waals surface area contributed by atoms with Gasteiger partial charge in [-0.1, -0.05) is 37.5 Å². The monoisotopic (exact) mass is 260 g/mol. The van der Waals surface area contributed by atoms with E-state index in [1.807, 2.05) is 35.2 Å². The van der Waals surface area contributed by atoms with Gasteiger partial charge in [-0.2, -0.15) is 0 Å².